The Hall–Kier alpha value is -4.14. The van der Waals surface area contributed by atoms with Crippen molar-refractivity contribution >= 4 is 32.9 Å². The number of hydrogen-bond donors (Lipinski definition) is 3. The first-order valence-electron chi connectivity index (χ1n) is 14.7. The van der Waals surface area contributed by atoms with Crippen molar-refractivity contribution in [3.05, 3.63) is 71.4 Å². The van der Waals surface area contributed by atoms with E-state index in [4.69, 9.17) is 31.3 Å². The zero-order valence-corrected chi connectivity index (χ0v) is 26.3. The van der Waals surface area contributed by atoms with Gasteiger partial charge in [0.05, 0.1) is 6.04 Å². The lowest BCUT2D eigenvalue weighted by atomic mass is 9.96. The number of piperidine rings is 2. The normalized spacial score (nSPS) is 21.3. The van der Waals surface area contributed by atoms with Crippen molar-refractivity contribution in [1.29, 1.82) is 0 Å². The summed E-state index contributed by atoms with van der Waals surface area (Å²) in [5.41, 5.74) is 4.70. The molecular weight excluding hydrogens is 662 g/mol. The van der Waals surface area contributed by atoms with Crippen LogP contribution in [0.2, 0.25) is 0 Å². The minimum atomic E-state index is -4.82. The van der Waals surface area contributed by atoms with Gasteiger partial charge in [-0.2, -0.15) is 26.9 Å². The number of rotatable bonds is 6. The van der Waals surface area contributed by atoms with Crippen LogP contribution in [0.4, 0.5) is 9.59 Å². The highest BCUT2D eigenvalue weighted by Gasteiger charge is 2.49. The molecule has 2 bridgehead atoms. The van der Waals surface area contributed by atoms with Gasteiger partial charge < -0.3 is 19.1 Å². The lowest BCUT2D eigenvalue weighted by Crippen LogP contribution is -2.39. The van der Waals surface area contributed by atoms with Crippen molar-refractivity contribution in [3.63, 3.8) is 0 Å². The molecule has 3 aromatic rings. The molecule has 4 aliphatic rings. The molecule has 0 spiro atoms. The van der Waals surface area contributed by atoms with E-state index >= 15 is 0 Å². The molecule has 3 N–H and O–H groups in total. The van der Waals surface area contributed by atoms with Gasteiger partial charge >= 0.3 is 32.9 Å². The molecule has 0 unspecified atom stereocenters. The predicted octanol–water partition coefficient (Wildman–Crippen LogP) is 3.22. The summed E-state index contributed by atoms with van der Waals surface area (Å²) in [6, 6.07) is 14.7. The van der Waals surface area contributed by atoms with E-state index in [-0.39, 0.29) is 37.0 Å². The fourth-order valence-electron chi connectivity index (χ4n) is 6.64. The molecule has 3 aliphatic heterocycles. The van der Waals surface area contributed by atoms with E-state index in [1.165, 1.54) is 27.2 Å². The fraction of sp³-hybridized carbons (Fsp3) is 0.429. The van der Waals surface area contributed by atoms with Crippen LogP contribution in [0, 0.1) is 0 Å². The SMILES string of the molecule is O=C(OCC1c2ccccc2-c2ccccc21)N1CCC(c2noc([C@@H]3CC[C@@H]4CN3C(=O)N4OS(=O)(=O)O)n2)CC1.O=S(=O)(O)O. The molecule has 1 aliphatic carbocycles. The second-order valence-corrected chi connectivity index (χ2v) is 13.4. The first-order chi connectivity index (χ1) is 22.3. The van der Waals surface area contributed by atoms with Gasteiger partial charge in [-0.25, -0.2) is 9.59 Å². The van der Waals surface area contributed by atoms with Crippen LogP contribution < -0.4 is 0 Å². The summed E-state index contributed by atoms with van der Waals surface area (Å²) in [7, 11) is -9.49. The van der Waals surface area contributed by atoms with Gasteiger partial charge in [-0.1, -0.05) is 53.7 Å². The summed E-state index contributed by atoms with van der Waals surface area (Å²) < 4.78 is 78.7. The molecule has 7 rings (SSSR count). The first-order valence-corrected chi connectivity index (χ1v) is 17.4. The Balaban J connectivity index is 0.000000720. The Morgan fingerprint density at radius 1 is 0.915 bits per heavy atom. The molecule has 1 aromatic heterocycles. The molecule has 4 heterocycles. The van der Waals surface area contributed by atoms with Crippen molar-refractivity contribution in [2.45, 2.75) is 49.6 Å². The summed E-state index contributed by atoms with van der Waals surface area (Å²) in [6.07, 6.45) is 1.84. The Kier molecular flexibility index (Phi) is 8.94. The van der Waals surface area contributed by atoms with E-state index in [1.54, 1.807) is 4.90 Å². The largest absolute Gasteiger partial charge is 0.448 e. The highest BCUT2D eigenvalue weighted by atomic mass is 32.3. The van der Waals surface area contributed by atoms with Crippen LogP contribution >= 0.6 is 0 Å². The van der Waals surface area contributed by atoms with Gasteiger partial charge in [-0.05, 0) is 47.9 Å². The minimum absolute atomic E-state index is 0.000814. The van der Waals surface area contributed by atoms with Gasteiger partial charge in [-0.3, -0.25) is 13.7 Å². The molecule has 2 aromatic carbocycles. The second-order valence-electron chi connectivity index (χ2n) is 11.5. The summed E-state index contributed by atoms with van der Waals surface area (Å²) >= 11 is 0. The van der Waals surface area contributed by atoms with Crippen molar-refractivity contribution < 1.29 is 53.6 Å². The lowest BCUT2D eigenvalue weighted by molar-refractivity contribution is -0.0317. The number of hydroxylamine groups is 2. The van der Waals surface area contributed by atoms with Gasteiger partial charge in [-0.15, -0.1) is 4.28 Å². The zero-order valence-electron chi connectivity index (χ0n) is 24.7. The summed E-state index contributed by atoms with van der Waals surface area (Å²) in [5, 5.41) is 4.85. The maximum atomic E-state index is 13.0. The molecule has 2 atom stereocenters. The van der Waals surface area contributed by atoms with Crippen LogP contribution in [0.25, 0.3) is 11.1 Å². The Bertz CT molecular complexity index is 1820. The Morgan fingerprint density at radius 3 is 2.11 bits per heavy atom. The Morgan fingerprint density at radius 2 is 1.51 bits per heavy atom. The minimum Gasteiger partial charge on any atom is -0.448 e. The van der Waals surface area contributed by atoms with Crippen molar-refractivity contribution in [2.24, 2.45) is 0 Å². The third-order valence-corrected chi connectivity index (χ3v) is 9.04. The van der Waals surface area contributed by atoms with Crippen molar-refractivity contribution in [3.8, 4) is 11.1 Å². The van der Waals surface area contributed by atoms with Gasteiger partial charge in [0.1, 0.15) is 12.6 Å². The number of carbonyl (C=O) groups is 2. The summed E-state index contributed by atoms with van der Waals surface area (Å²) in [5.74, 6) is 0.757. The second kappa shape index (κ2) is 12.8. The molecular formula is C28H31N5O12S2. The number of carbonyl (C=O) groups excluding carboxylic acids is 2. The zero-order chi connectivity index (χ0) is 33.5. The predicted molar refractivity (Wildman–Crippen MR) is 159 cm³/mol. The van der Waals surface area contributed by atoms with Gasteiger partial charge in [0.2, 0.25) is 5.89 Å². The average molecular weight is 694 g/mol. The number of amides is 3. The smallest absolute Gasteiger partial charge is 0.418 e. The van der Waals surface area contributed by atoms with E-state index in [2.05, 4.69) is 38.7 Å². The first kappa shape index (κ1) is 32.8. The summed E-state index contributed by atoms with van der Waals surface area (Å²) in [4.78, 5) is 33.4. The Labute approximate surface area is 269 Å². The quantitative estimate of drug-likeness (QED) is 0.315. The van der Waals surface area contributed by atoms with Crippen LogP contribution in [0.3, 0.4) is 0 Å². The highest BCUT2D eigenvalue weighted by molar-refractivity contribution is 7.80. The van der Waals surface area contributed by atoms with Gasteiger partial charge in [0, 0.05) is 31.5 Å². The fourth-order valence-corrected chi connectivity index (χ4v) is 7.03. The molecule has 3 fully saturated rings. The van der Waals surface area contributed by atoms with E-state index in [0.717, 1.165) is 0 Å². The lowest BCUT2D eigenvalue weighted by Gasteiger charge is -2.30. The third-order valence-electron chi connectivity index (χ3n) is 8.69. The van der Waals surface area contributed by atoms with E-state index in [0.29, 0.717) is 49.7 Å². The topological polar surface area (TPSA) is 230 Å². The van der Waals surface area contributed by atoms with Crippen LogP contribution in [0.1, 0.15) is 66.4 Å². The van der Waals surface area contributed by atoms with Gasteiger partial charge in [0.15, 0.2) is 5.82 Å². The number of hydrogen-bond acceptors (Lipinski definition) is 11. The molecule has 3 amide bonds. The van der Waals surface area contributed by atoms with Crippen LogP contribution in [0.5, 0.6) is 0 Å². The van der Waals surface area contributed by atoms with E-state index in [9.17, 15) is 18.0 Å². The van der Waals surface area contributed by atoms with Crippen LogP contribution in [0.15, 0.2) is 53.1 Å². The number of nitrogens with zero attached hydrogens (tertiary/aromatic N) is 5. The van der Waals surface area contributed by atoms with Crippen molar-refractivity contribution in [2.75, 3.05) is 26.2 Å². The van der Waals surface area contributed by atoms with Crippen molar-refractivity contribution in [1.82, 2.24) is 25.0 Å². The number of urea groups is 1. The monoisotopic (exact) mass is 693 g/mol. The number of likely N-dealkylation sites (tertiary alicyclic amines) is 1. The number of aromatic nitrogens is 2. The third kappa shape index (κ3) is 7.24. The van der Waals surface area contributed by atoms with E-state index in [1.807, 2.05) is 24.3 Å². The van der Waals surface area contributed by atoms with Gasteiger partial charge in [0.25, 0.3) is 0 Å². The molecule has 0 radical (unpaired) electrons. The molecule has 252 valence electrons. The highest BCUT2D eigenvalue weighted by Crippen LogP contribution is 2.45. The standard InChI is InChI=1S/C28H29N5O8S.H2O4S/c34-27-32-15-18(33(27)41-42(36,37)38)9-10-24(32)26-29-25(30-40-26)17-11-13-31(14-12-17)28(35)39-16-23-21-7-3-1-5-19(21)20-6-2-4-8-22(20)23;1-5(2,3)4/h1-8,17-18,23-24H,9-16H2,(H,36,37,38);(H2,1,2,3,4)/t18-,24+;/m1./s1. The molecule has 0 saturated carbocycles. The number of fused-ring (bicyclic) bond motifs is 5. The number of benzene rings is 2. The molecule has 19 heteroatoms. The maximum Gasteiger partial charge on any atom is 0.418 e. The van der Waals surface area contributed by atoms with Crippen LogP contribution in [-0.2, 0) is 29.8 Å². The average Bonchev–Trinajstić information content (AvgIpc) is 3.70. The number of ether oxygens (including phenoxy) is 1. The molecule has 47 heavy (non-hydrogen) atoms. The van der Waals surface area contributed by atoms with Crippen LogP contribution in [-0.4, -0.2) is 99.9 Å². The summed E-state index contributed by atoms with van der Waals surface area (Å²) in [6.45, 7) is 1.46. The maximum absolute atomic E-state index is 13.0. The molecule has 17 nitrogen and oxygen atoms in total. The molecule has 3 saturated heterocycles. The van der Waals surface area contributed by atoms with E-state index < -0.39 is 38.9 Å².